The maximum absolute atomic E-state index is 9.11. The van der Waals surface area contributed by atoms with Crippen molar-refractivity contribution in [1.82, 2.24) is 0 Å². The smallest absolute Gasteiger partial charge is 0.0661 e. The molecule has 1 rings (SSSR count). The average Bonchev–Trinajstić information content (AvgIpc) is 2.35. The van der Waals surface area contributed by atoms with E-state index in [0.717, 1.165) is 25.9 Å². The summed E-state index contributed by atoms with van der Waals surface area (Å²) in [4.78, 5) is 0. The fourth-order valence-corrected chi connectivity index (χ4v) is 2.04. The lowest BCUT2D eigenvalue weighted by Gasteiger charge is -2.32. The zero-order chi connectivity index (χ0) is 9.24. The minimum atomic E-state index is -0.000903. The minimum Gasteiger partial charge on any atom is -0.396 e. The van der Waals surface area contributed by atoms with Crippen LogP contribution in [0.3, 0.4) is 0 Å². The predicted octanol–water partition coefficient (Wildman–Crippen LogP) is 1.96. The maximum atomic E-state index is 9.11. The third-order valence-electron chi connectivity index (χ3n) is 2.58. The van der Waals surface area contributed by atoms with Gasteiger partial charge in [0.05, 0.1) is 5.60 Å². The Labute approximate surface area is 74.9 Å². The molecule has 1 N–H and O–H groups in total. The van der Waals surface area contributed by atoms with E-state index in [9.17, 15) is 0 Å². The third kappa shape index (κ3) is 2.46. The van der Waals surface area contributed by atoms with Crippen LogP contribution in [0.4, 0.5) is 0 Å². The van der Waals surface area contributed by atoms with Gasteiger partial charge in [-0.1, -0.05) is 13.8 Å². The topological polar surface area (TPSA) is 29.5 Å². The maximum Gasteiger partial charge on any atom is 0.0661 e. The van der Waals surface area contributed by atoms with Gasteiger partial charge in [-0.05, 0) is 31.6 Å². The normalized spacial score (nSPS) is 31.0. The largest absolute Gasteiger partial charge is 0.396 e. The van der Waals surface area contributed by atoms with Crippen molar-refractivity contribution in [3.8, 4) is 0 Å². The van der Waals surface area contributed by atoms with Crippen LogP contribution in [0.25, 0.3) is 0 Å². The van der Waals surface area contributed by atoms with Gasteiger partial charge in [-0.3, -0.25) is 0 Å². The van der Waals surface area contributed by atoms with E-state index in [0.29, 0.717) is 0 Å². The van der Waals surface area contributed by atoms with Crippen LogP contribution >= 0.6 is 0 Å². The van der Waals surface area contributed by atoms with Crippen LogP contribution in [0.15, 0.2) is 0 Å². The van der Waals surface area contributed by atoms with Crippen LogP contribution < -0.4 is 0 Å². The van der Waals surface area contributed by atoms with Gasteiger partial charge in [0.15, 0.2) is 0 Å². The number of aliphatic hydroxyl groups is 1. The zero-order valence-corrected chi connectivity index (χ0v) is 8.39. The fourth-order valence-electron chi connectivity index (χ4n) is 2.04. The zero-order valence-electron chi connectivity index (χ0n) is 8.39. The van der Waals surface area contributed by atoms with Crippen molar-refractivity contribution in [2.75, 3.05) is 13.2 Å². The van der Waals surface area contributed by atoms with E-state index in [-0.39, 0.29) is 17.6 Å². The first-order valence-corrected chi connectivity index (χ1v) is 4.72. The Balaban J connectivity index is 2.48. The second-order valence-corrected chi connectivity index (χ2v) is 4.90. The monoisotopic (exact) mass is 172 g/mol. The molecule has 1 atom stereocenters. The molecule has 1 aliphatic heterocycles. The summed E-state index contributed by atoms with van der Waals surface area (Å²) in [6, 6.07) is 0. The Morgan fingerprint density at radius 2 is 2.17 bits per heavy atom. The molecule has 0 spiro atoms. The lowest BCUT2D eigenvalue weighted by molar-refractivity contribution is -0.0261. The minimum absolute atomic E-state index is 0.000903. The summed E-state index contributed by atoms with van der Waals surface area (Å²) >= 11 is 0. The summed E-state index contributed by atoms with van der Waals surface area (Å²) in [5, 5.41) is 9.11. The van der Waals surface area contributed by atoms with Gasteiger partial charge in [0, 0.05) is 13.2 Å². The molecule has 12 heavy (non-hydrogen) atoms. The molecule has 0 aromatic rings. The Hall–Kier alpha value is -0.0800. The summed E-state index contributed by atoms with van der Waals surface area (Å²) in [5.74, 6) is 0. The molecule has 1 saturated heterocycles. The van der Waals surface area contributed by atoms with E-state index < -0.39 is 0 Å². The van der Waals surface area contributed by atoms with E-state index in [1.165, 1.54) is 0 Å². The Morgan fingerprint density at radius 1 is 1.50 bits per heavy atom. The third-order valence-corrected chi connectivity index (χ3v) is 2.58. The second-order valence-electron chi connectivity index (χ2n) is 4.90. The van der Waals surface area contributed by atoms with Crippen molar-refractivity contribution in [1.29, 1.82) is 0 Å². The molecule has 2 heteroatoms. The van der Waals surface area contributed by atoms with Crippen molar-refractivity contribution in [2.45, 2.75) is 45.6 Å². The first-order chi connectivity index (χ1) is 5.47. The van der Waals surface area contributed by atoms with E-state index in [2.05, 4.69) is 20.8 Å². The molecule has 1 aliphatic rings. The number of hydrogen-bond donors (Lipinski definition) is 1. The van der Waals surface area contributed by atoms with Gasteiger partial charge in [0.25, 0.3) is 0 Å². The van der Waals surface area contributed by atoms with Crippen LogP contribution in [0.2, 0.25) is 0 Å². The Morgan fingerprint density at radius 3 is 2.58 bits per heavy atom. The fraction of sp³-hybridized carbons (Fsp3) is 1.00. The van der Waals surface area contributed by atoms with Crippen molar-refractivity contribution in [2.24, 2.45) is 5.41 Å². The molecular weight excluding hydrogens is 152 g/mol. The first kappa shape index (κ1) is 10.0. The predicted molar refractivity (Wildman–Crippen MR) is 49.1 cm³/mol. The summed E-state index contributed by atoms with van der Waals surface area (Å²) in [5.41, 5.74) is 0.0192. The van der Waals surface area contributed by atoms with Gasteiger partial charge in [0.2, 0.25) is 0 Å². The quantitative estimate of drug-likeness (QED) is 0.705. The molecule has 0 aromatic heterocycles. The van der Waals surface area contributed by atoms with E-state index in [1.54, 1.807) is 0 Å². The summed E-state index contributed by atoms with van der Waals surface area (Å²) in [6.07, 6.45) is 3.25. The van der Waals surface area contributed by atoms with Crippen LogP contribution in [-0.2, 0) is 4.74 Å². The molecule has 0 aliphatic carbocycles. The van der Waals surface area contributed by atoms with Crippen molar-refractivity contribution in [3.05, 3.63) is 0 Å². The molecule has 1 fully saturated rings. The van der Waals surface area contributed by atoms with Crippen LogP contribution in [-0.4, -0.2) is 23.9 Å². The molecule has 0 aromatic carbocycles. The van der Waals surface area contributed by atoms with Crippen molar-refractivity contribution < 1.29 is 9.84 Å². The van der Waals surface area contributed by atoms with Crippen LogP contribution in [0.5, 0.6) is 0 Å². The number of hydrogen-bond acceptors (Lipinski definition) is 2. The molecule has 0 amide bonds. The average molecular weight is 172 g/mol. The van der Waals surface area contributed by atoms with Crippen molar-refractivity contribution >= 4 is 0 Å². The van der Waals surface area contributed by atoms with Gasteiger partial charge >= 0.3 is 0 Å². The SMILES string of the molecule is CC(C)(CO)CC1(C)CCCO1. The van der Waals surface area contributed by atoms with E-state index in [4.69, 9.17) is 9.84 Å². The molecule has 72 valence electrons. The van der Waals surface area contributed by atoms with Gasteiger partial charge < -0.3 is 9.84 Å². The standard InChI is InChI=1S/C10H20O2/c1-9(2,8-11)7-10(3)5-4-6-12-10/h11H,4-8H2,1-3H3. The highest BCUT2D eigenvalue weighted by Gasteiger charge is 2.35. The number of ether oxygens (including phenoxy) is 1. The van der Waals surface area contributed by atoms with E-state index in [1.807, 2.05) is 0 Å². The number of rotatable bonds is 3. The number of aliphatic hydroxyl groups excluding tert-OH is 1. The molecule has 0 saturated carbocycles. The highest BCUT2D eigenvalue weighted by molar-refractivity contribution is 4.86. The highest BCUT2D eigenvalue weighted by atomic mass is 16.5. The summed E-state index contributed by atoms with van der Waals surface area (Å²) < 4.78 is 5.67. The molecule has 1 unspecified atom stereocenters. The molecular formula is C10H20O2. The summed E-state index contributed by atoms with van der Waals surface area (Å²) in [6.45, 7) is 7.45. The van der Waals surface area contributed by atoms with Gasteiger partial charge in [0.1, 0.15) is 0 Å². The lowest BCUT2D eigenvalue weighted by atomic mass is 9.80. The molecule has 2 nitrogen and oxygen atoms in total. The molecule has 0 bridgehead atoms. The Kier molecular flexibility index (Phi) is 2.79. The highest BCUT2D eigenvalue weighted by Crippen LogP contribution is 2.36. The Bertz CT molecular complexity index is 146. The molecule has 1 heterocycles. The second kappa shape index (κ2) is 3.35. The van der Waals surface area contributed by atoms with Gasteiger partial charge in [-0.15, -0.1) is 0 Å². The van der Waals surface area contributed by atoms with E-state index >= 15 is 0 Å². The van der Waals surface area contributed by atoms with Crippen LogP contribution in [0.1, 0.15) is 40.0 Å². The summed E-state index contributed by atoms with van der Waals surface area (Å²) in [7, 11) is 0. The van der Waals surface area contributed by atoms with Crippen LogP contribution in [0, 0.1) is 5.41 Å². The first-order valence-electron chi connectivity index (χ1n) is 4.72. The van der Waals surface area contributed by atoms with Gasteiger partial charge in [-0.25, -0.2) is 0 Å². The lowest BCUT2D eigenvalue weighted by Crippen LogP contribution is -2.32. The van der Waals surface area contributed by atoms with Gasteiger partial charge in [-0.2, -0.15) is 0 Å². The van der Waals surface area contributed by atoms with Crippen molar-refractivity contribution in [3.63, 3.8) is 0 Å². The molecule has 0 radical (unpaired) electrons.